The predicted octanol–water partition coefficient (Wildman–Crippen LogP) is 5.42. The number of halogens is 3. The number of nitrogens with zero attached hydrogens (tertiary/aromatic N) is 2. The molecule has 2 aliphatic heterocycles. The van der Waals surface area contributed by atoms with Crippen LogP contribution in [0.4, 0.5) is 24.7 Å². The van der Waals surface area contributed by atoms with Crippen LogP contribution in [0.5, 0.6) is 0 Å². The number of anilines is 2. The summed E-state index contributed by atoms with van der Waals surface area (Å²) in [6.45, 7) is 3.27. The van der Waals surface area contributed by atoms with Gasteiger partial charge < -0.3 is 15.5 Å². The highest BCUT2D eigenvalue weighted by molar-refractivity contribution is 6.06. The fourth-order valence-electron chi connectivity index (χ4n) is 6.44. The van der Waals surface area contributed by atoms with E-state index < -0.39 is 34.5 Å². The van der Waals surface area contributed by atoms with Gasteiger partial charge in [-0.05, 0) is 72.7 Å². The van der Waals surface area contributed by atoms with E-state index in [2.05, 4.69) is 15.6 Å². The molecule has 10 heteroatoms. The van der Waals surface area contributed by atoms with Gasteiger partial charge in [-0.15, -0.1) is 0 Å². The van der Waals surface area contributed by atoms with E-state index in [1.165, 1.54) is 11.0 Å². The standard InChI is InChI=1S/C31H29F3N4O3/c1-29(2)11-10-24(18-5-3-6-21(13-18)31(32,33)34)38(28(29)41)17-25(39)36-22-9-8-19-15-30(16-20(19)14-22)23-7-4-12-35-26(23)37-27(30)40/h3-9,12-14,24H,10-11,15-17H2,1-2H3,(H,36,39)(H,35,37,40)/t24-,30-/m1/s1. The summed E-state index contributed by atoms with van der Waals surface area (Å²) in [6.07, 6.45) is -0.958. The molecule has 3 heterocycles. The van der Waals surface area contributed by atoms with Gasteiger partial charge in [-0.25, -0.2) is 4.98 Å². The number of fused-ring (bicyclic) bond motifs is 3. The molecule has 212 valence electrons. The average molecular weight is 563 g/mol. The number of carbonyl (C=O) groups excluding carboxylic acids is 3. The molecule has 1 spiro atoms. The molecule has 3 aromatic rings. The Bertz CT molecular complexity index is 1580. The normalized spacial score (nSPS) is 22.9. The SMILES string of the molecule is CC1(C)CC[C@H](c2cccc(C(F)(F)F)c2)N(CC(=O)Nc2ccc3c(c2)C[C@@]2(C3)C(=O)Nc3ncccc32)C1=O. The Morgan fingerprint density at radius 1 is 1.07 bits per heavy atom. The molecule has 1 saturated heterocycles. The summed E-state index contributed by atoms with van der Waals surface area (Å²) in [5.41, 5.74) is 1.41. The van der Waals surface area contributed by atoms with Crippen LogP contribution in [0.15, 0.2) is 60.8 Å². The third-order valence-corrected chi connectivity index (χ3v) is 8.64. The van der Waals surface area contributed by atoms with E-state index in [-0.39, 0.29) is 18.4 Å². The molecule has 0 bridgehead atoms. The van der Waals surface area contributed by atoms with Gasteiger partial charge in [-0.3, -0.25) is 14.4 Å². The van der Waals surface area contributed by atoms with Gasteiger partial charge in [0.2, 0.25) is 17.7 Å². The molecule has 0 unspecified atom stereocenters. The number of aromatic nitrogens is 1. The van der Waals surface area contributed by atoms with E-state index >= 15 is 0 Å². The molecule has 1 aromatic heterocycles. The van der Waals surface area contributed by atoms with Crippen LogP contribution in [-0.2, 0) is 38.8 Å². The maximum Gasteiger partial charge on any atom is 0.416 e. The third-order valence-electron chi connectivity index (χ3n) is 8.64. The summed E-state index contributed by atoms with van der Waals surface area (Å²) in [4.78, 5) is 45.3. The molecule has 6 rings (SSSR count). The van der Waals surface area contributed by atoms with Crippen molar-refractivity contribution in [3.8, 4) is 0 Å². The molecule has 1 aliphatic carbocycles. The molecule has 2 aromatic carbocycles. The molecule has 0 radical (unpaired) electrons. The quantitative estimate of drug-likeness (QED) is 0.445. The molecule has 2 atom stereocenters. The highest BCUT2D eigenvalue weighted by atomic mass is 19.4. The lowest BCUT2D eigenvalue weighted by molar-refractivity contribution is -0.150. The van der Waals surface area contributed by atoms with E-state index in [4.69, 9.17) is 0 Å². The first-order chi connectivity index (χ1) is 19.4. The second kappa shape index (κ2) is 9.43. The van der Waals surface area contributed by atoms with Crippen LogP contribution in [0.2, 0.25) is 0 Å². The number of piperidine rings is 1. The number of alkyl halides is 3. The molecule has 3 amide bonds. The van der Waals surface area contributed by atoms with Crippen molar-refractivity contribution < 1.29 is 27.6 Å². The van der Waals surface area contributed by atoms with E-state index in [0.717, 1.165) is 28.8 Å². The van der Waals surface area contributed by atoms with Crippen LogP contribution >= 0.6 is 0 Å². The van der Waals surface area contributed by atoms with Gasteiger partial charge in [0, 0.05) is 22.9 Å². The monoisotopic (exact) mass is 562 g/mol. The Kier molecular flexibility index (Phi) is 6.20. The van der Waals surface area contributed by atoms with Crippen LogP contribution in [0.25, 0.3) is 0 Å². The lowest BCUT2D eigenvalue weighted by atomic mass is 9.78. The van der Waals surface area contributed by atoms with Crippen molar-refractivity contribution in [3.05, 3.63) is 88.6 Å². The number of likely N-dealkylation sites (tertiary alicyclic amines) is 1. The van der Waals surface area contributed by atoms with Gasteiger partial charge in [0.1, 0.15) is 12.4 Å². The van der Waals surface area contributed by atoms with E-state index in [1.54, 1.807) is 32.2 Å². The van der Waals surface area contributed by atoms with Crippen LogP contribution in [-0.4, -0.2) is 34.2 Å². The first-order valence-corrected chi connectivity index (χ1v) is 13.5. The fraction of sp³-hybridized carbons (Fsp3) is 0.355. The van der Waals surface area contributed by atoms with E-state index in [1.807, 2.05) is 24.3 Å². The molecule has 2 N–H and O–H groups in total. The van der Waals surface area contributed by atoms with Gasteiger partial charge in [0.25, 0.3) is 0 Å². The Labute approximate surface area is 235 Å². The molecule has 7 nitrogen and oxygen atoms in total. The second-order valence-electron chi connectivity index (χ2n) is 11.8. The summed E-state index contributed by atoms with van der Waals surface area (Å²) < 4.78 is 40.2. The maximum absolute atomic E-state index is 13.4. The lowest BCUT2D eigenvalue weighted by Crippen LogP contribution is -2.50. The van der Waals surface area contributed by atoms with Crippen LogP contribution < -0.4 is 10.6 Å². The fourth-order valence-corrected chi connectivity index (χ4v) is 6.44. The second-order valence-corrected chi connectivity index (χ2v) is 11.8. The minimum Gasteiger partial charge on any atom is -0.326 e. The molecule has 0 saturated carbocycles. The summed E-state index contributed by atoms with van der Waals surface area (Å²) in [5.74, 6) is -0.256. The number of hydrogen-bond acceptors (Lipinski definition) is 4. The average Bonchev–Trinajstić information content (AvgIpc) is 3.43. The Balaban J connectivity index is 1.21. The number of benzene rings is 2. The van der Waals surface area contributed by atoms with Gasteiger partial charge in [-0.1, -0.05) is 38.1 Å². The summed E-state index contributed by atoms with van der Waals surface area (Å²) in [7, 11) is 0. The van der Waals surface area contributed by atoms with Crippen molar-refractivity contribution in [2.24, 2.45) is 5.41 Å². The highest BCUT2D eigenvalue weighted by Crippen LogP contribution is 2.47. The van der Waals surface area contributed by atoms with Crippen molar-refractivity contribution in [2.45, 2.75) is 57.2 Å². The van der Waals surface area contributed by atoms with Crippen molar-refractivity contribution in [1.29, 1.82) is 0 Å². The zero-order valence-corrected chi connectivity index (χ0v) is 22.6. The van der Waals surface area contributed by atoms with Crippen LogP contribution in [0.1, 0.15) is 60.5 Å². The number of rotatable bonds is 4. The predicted molar refractivity (Wildman–Crippen MR) is 146 cm³/mol. The largest absolute Gasteiger partial charge is 0.416 e. The number of hydrogen-bond donors (Lipinski definition) is 2. The number of pyridine rings is 1. The minimum atomic E-state index is -4.51. The zero-order valence-electron chi connectivity index (χ0n) is 22.6. The van der Waals surface area contributed by atoms with Crippen molar-refractivity contribution in [3.63, 3.8) is 0 Å². The minimum absolute atomic E-state index is 0.0974. The van der Waals surface area contributed by atoms with Crippen LogP contribution in [0.3, 0.4) is 0 Å². The summed E-state index contributed by atoms with van der Waals surface area (Å²) in [6, 6.07) is 13.5. The maximum atomic E-state index is 13.4. The Morgan fingerprint density at radius 2 is 1.85 bits per heavy atom. The van der Waals surface area contributed by atoms with Gasteiger partial charge in [0.05, 0.1) is 17.0 Å². The third kappa shape index (κ3) is 4.65. The van der Waals surface area contributed by atoms with Gasteiger partial charge in [-0.2, -0.15) is 13.2 Å². The topological polar surface area (TPSA) is 91.4 Å². The van der Waals surface area contributed by atoms with E-state index in [0.29, 0.717) is 42.8 Å². The highest BCUT2D eigenvalue weighted by Gasteiger charge is 2.51. The number of carbonyl (C=O) groups is 3. The Hall–Kier alpha value is -4.21. The molecule has 1 fully saturated rings. The van der Waals surface area contributed by atoms with Crippen molar-refractivity contribution in [2.75, 3.05) is 17.2 Å². The first kappa shape index (κ1) is 27.0. The lowest BCUT2D eigenvalue weighted by Gasteiger charge is -2.43. The number of amides is 3. The van der Waals surface area contributed by atoms with Gasteiger partial charge in [0.15, 0.2) is 0 Å². The summed E-state index contributed by atoms with van der Waals surface area (Å²) >= 11 is 0. The van der Waals surface area contributed by atoms with Gasteiger partial charge >= 0.3 is 6.18 Å². The molecular weight excluding hydrogens is 533 g/mol. The molecule has 3 aliphatic rings. The first-order valence-electron chi connectivity index (χ1n) is 13.5. The molecule has 41 heavy (non-hydrogen) atoms. The summed E-state index contributed by atoms with van der Waals surface area (Å²) in [5, 5.41) is 5.74. The van der Waals surface area contributed by atoms with E-state index in [9.17, 15) is 27.6 Å². The number of nitrogens with one attached hydrogen (secondary N) is 2. The Morgan fingerprint density at radius 3 is 2.63 bits per heavy atom. The van der Waals surface area contributed by atoms with Crippen molar-refractivity contribution in [1.82, 2.24) is 9.88 Å². The molecular formula is C31H29F3N4O3. The van der Waals surface area contributed by atoms with Crippen molar-refractivity contribution >= 4 is 29.2 Å². The van der Waals surface area contributed by atoms with Crippen LogP contribution in [0, 0.1) is 5.41 Å². The smallest absolute Gasteiger partial charge is 0.326 e. The zero-order chi connectivity index (χ0) is 29.2.